The van der Waals surface area contributed by atoms with Gasteiger partial charge < -0.3 is 59.3 Å². The predicted octanol–water partition coefficient (Wildman–Crippen LogP) is -2.81. The summed E-state index contributed by atoms with van der Waals surface area (Å²) < 4.78 is 0. The number of amides is 6. The number of nitrogens with two attached hydrogens (primary N) is 3. The lowest BCUT2D eigenvalue weighted by Crippen LogP contribution is -2.57. The Balaban J connectivity index is 3.09. The maximum Gasteiger partial charge on any atom is 0.326 e. The van der Waals surface area contributed by atoms with Crippen LogP contribution in [0.4, 0.5) is 0 Å². The number of aliphatic imine (C=N–C) groups is 1. The Bertz CT molecular complexity index is 1480. The van der Waals surface area contributed by atoms with E-state index in [2.05, 4.69) is 36.9 Å². The minimum absolute atomic E-state index is 0.000601. The van der Waals surface area contributed by atoms with Crippen molar-refractivity contribution in [1.82, 2.24) is 31.9 Å². The first kappa shape index (κ1) is 46.2. The molecule has 300 valence electrons. The van der Waals surface area contributed by atoms with Gasteiger partial charge >= 0.3 is 11.9 Å². The second kappa shape index (κ2) is 23.7. The van der Waals surface area contributed by atoms with Gasteiger partial charge in [0.1, 0.15) is 30.2 Å². The van der Waals surface area contributed by atoms with E-state index >= 15 is 0 Å². The number of nitrogens with zero attached hydrogens (tertiary/aromatic N) is 1. The molecular weight excluding hydrogens is 708 g/mol. The second-order valence-electron chi connectivity index (χ2n) is 13.1. The van der Waals surface area contributed by atoms with Crippen molar-refractivity contribution in [2.75, 3.05) is 13.1 Å². The van der Waals surface area contributed by atoms with E-state index in [0.717, 1.165) is 0 Å². The first-order valence-corrected chi connectivity index (χ1v) is 17.4. The molecule has 0 heterocycles. The molecule has 1 aromatic carbocycles. The van der Waals surface area contributed by atoms with Crippen molar-refractivity contribution in [3.05, 3.63) is 35.9 Å². The van der Waals surface area contributed by atoms with Gasteiger partial charge in [0, 0.05) is 19.4 Å². The molecule has 20 heteroatoms. The summed E-state index contributed by atoms with van der Waals surface area (Å²) in [5.41, 5.74) is 16.9. The van der Waals surface area contributed by atoms with E-state index < -0.39 is 96.6 Å². The zero-order chi connectivity index (χ0) is 41.0. The summed E-state index contributed by atoms with van der Waals surface area (Å²) in [5, 5.41) is 33.5. The van der Waals surface area contributed by atoms with Crippen LogP contribution in [-0.4, -0.2) is 113 Å². The maximum atomic E-state index is 13.4. The molecule has 0 aliphatic rings. The highest BCUT2D eigenvalue weighted by Gasteiger charge is 2.31. The predicted molar refractivity (Wildman–Crippen MR) is 196 cm³/mol. The summed E-state index contributed by atoms with van der Waals surface area (Å²) in [6.07, 6.45) is -0.666. The Morgan fingerprint density at radius 3 is 1.83 bits per heavy atom. The lowest BCUT2D eigenvalue weighted by Gasteiger charge is -2.25. The van der Waals surface area contributed by atoms with Gasteiger partial charge in [0.05, 0.1) is 12.6 Å². The van der Waals surface area contributed by atoms with Gasteiger partial charge in [-0.05, 0) is 51.0 Å². The molecule has 0 aromatic heterocycles. The van der Waals surface area contributed by atoms with Gasteiger partial charge in [-0.3, -0.25) is 38.6 Å². The summed E-state index contributed by atoms with van der Waals surface area (Å²) in [5.74, 6) is -7.63. The summed E-state index contributed by atoms with van der Waals surface area (Å²) in [7, 11) is 0. The topological polar surface area (TPSA) is 340 Å². The van der Waals surface area contributed by atoms with E-state index in [0.29, 0.717) is 5.56 Å². The van der Waals surface area contributed by atoms with Crippen LogP contribution in [0.2, 0.25) is 0 Å². The molecule has 0 fully saturated rings. The molecule has 1 rings (SSSR count). The number of rotatable bonds is 24. The lowest BCUT2D eigenvalue weighted by atomic mass is 10.0. The number of aliphatic carboxylic acids is 2. The van der Waals surface area contributed by atoms with E-state index in [1.165, 1.54) is 13.8 Å². The molecule has 0 spiro atoms. The van der Waals surface area contributed by atoms with Gasteiger partial charge in [-0.15, -0.1) is 0 Å². The smallest absolute Gasteiger partial charge is 0.326 e. The molecule has 0 aliphatic carbocycles. The third kappa shape index (κ3) is 18.6. The summed E-state index contributed by atoms with van der Waals surface area (Å²) in [4.78, 5) is 105. The molecule has 0 saturated carbocycles. The summed E-state index contributed by atoms with van der Waals surface area (Å²) in [6.45, 7) is 5.74. The fourth-order valence-corrected chi connectivity index (χ4v) is 4.85. The minimum Gasteiger partial charge on any atom is -0.481 e. The Hall–Kier alpha value is -5.79. The highest BCUT2D eigenvalue weighted by molar-refractivity contribution is 5.96. The van der Waals surface area contributed by atoms with E-state index in [1.54, 1.807) is 44.2 Å². The third-order valence-corrected chi connectivity index (χ3v) is 7.70. The Kier molecular flexibility index (Phi) is 20.3. The number of carboxylic acids is 2. The van der Waals surface area contributed by atoms with Crippen LogP contribution < -0.4 is 49.1 Å². The zero-order valence-electron chi connectivity index (χ0n) is 30.9. The standard InChI is InChI=1S/C34H54N10O10/c1-18(2)15-24(32(52)44-25(33(53)54)16-21-9-6-5-7-10-21)41-26(45)17-39-30(50)22(11-8-14-38-34(36)37)43-31(51)23(12-13-27(46)47)42-29(49)20(4)40-28(48)19(3)35/h5-7,9-10,18-20,22-25H,8,11-17,35H2,1-4H3,(H,39,50)(H,40,48)(H,41,45)(H,42,49)(H,43,51)(H,44,52)(H,46,47)(H,53,54)(H4,36,37,38)/t19-,20-,22-,23-,24-,25-/m0/s1. The van der Waals surface area contributed by atoms with Gasteiger partial charge in [-0.1, -0.05) is 44.2 Å². The third-order valence-electron chi connectivity index (χ3n) is 7.70. The molecule has 0 bridgehead atoms. The largest absolute Gasteiger partial charge is 0.481 e. The first-order valence-electron chi connectivity index (χ1n) is 17.4. The van der Waals surface area contributed by atoms with Crippen LogP contribution in [0.15, 0.2) is 35.3 Å². The number of guanidine groups is 1. The molecule has 0 saturated heterocycles. The average molecular weight is 763 g/mol. The highest BCUT2D eigenvalue weighted by atomic mass is 16.4. The fourth-order valence-electron chi connectivity index (χ4n) is 4.85. The van der Waals surface area contributed by atoms with Crippen molar-refractivity contribution in [2.24, 2.45) is 28.1 Å². The number of carbonyl (C=O) groups excluding carboxylic acids is 6. The maximum absolute atomic E-state index is 13.4. The molecule has 20 nitrogen and oxygen atoms in total. The van der Waals surface area contributed by atoms with Gasteiger partial charge in [-0.2, -0.15) is 0 Å². The normalized spacial score (nSPS) is 14.1. The second-order valence-corrected chi connectivity index (χ2v) is 13.1. The van der Waals surface area contributed by atoms with Crippen molar-refractivity contribution >= 4 is 53.3 Å². The van der Waals surface area contributed by atoms with Gasteiger partial charge in [-0.25, -0.2) is 4.79 Å². The fraction of sp³-hybridized carbons (Fsp3) is 0.559. The van der Waals surface area contributed by atoms with Crippen LogP contribution in [0.5, 0.6) is 0 Å². The molecule has 0 aliphatic heterocycles. The van der Waals surface area contributed by atoms with Crippen molar-refractivity contribution < 1.29 is 48.6 Å². The van der Waals surface area contributed by atoms with Gasteiger partial charge in [0.25, 0.3) is 0 Å². The Morgan fingerprint density at radius 1 is 0.704 bits per heavy atom. The van der Waals surface area contributed by atoms with Crippen LogP contribution in [0.3, 0.4) is 0 Å². The number of carboxylic acid groups (broad SMARTS) is 2. The van der Waals surface area contributed by atoms with Crippen molar-refractivity contribution in [1.29, 1.82) is 0 Å². The van der Waals surface area contributed by atoms with Crippen LogP contribution >= 0.6 is 0 Å². The molecule has 1 aromatic rings. The van der Waals surface area contributed by atoms with Crippen LogP contribution in [0.1, 0.15) is 65.4 Å². The minimum atomic E-state index is -1.45. The monoisotopic (exact) mass is 762 g/mol. The number of nitrogens with one attached hydrogen (secondary N) is 6. The summed E-state index contributed by atoms with van der Waals surface area (Å²) in [6, 6.07) is 1.36. The number of hydrogen-bond acceptors (Lipinski definition) is 10. The van der Waals surface area contributed by atoms with Crippen LogP contribution in [0, 0.1) is 5.92 Å². The zero-order valence-corrected chi connectivity index (χ0v) is 30.9. The molecular formula is C34H54N10O10. The van der Waals surface area contributed by atoms with Crippen LogP contribution in [0.25, 0.3) is 0 Å². The lowest BCUT2D eigenvalue weighted by molar-refractivity contribution is -0.142. The summed E-state index contributed by atoms with van der Waals surface area (Å²) >= 11 is 0. The quantitative estimate of drug-likeness (QED) is 0.0288. The van der Waals surface area contributed by atoms with E-state index in [9.17, 15) is 48.6 Å². The van der Waals surface area contributed by atoms with Gasteiger partial charge in [0.2, 0.25) is 35.4 Å². The van der Waals surface area contributed by atoms with E-state index in [1.807, 2.05) is 0 Å². The average Bonchev–Trinajstić information content (AvgIpc) is 3.09. The number of carbonyl (C=O) groups is 8. The molecule has 14 N–H and O–H groups in total. The Labute approximate surface area is 313 Å². The van der Waals surface area contributed by atoms with Crippen molar-refractivity contribution in [3.8, 4) is 0 Å². The van der Waals surface area contributed by atoms with Crippen molar-refractivity contribution in [2.45, 2.75) is 102 Å². The molecule has 0 radical (unpaired) electrons. The Morgan fingerprint density at radius 2 is 1.28 bits per heavy atom. The van der Waals surface area contributed by atoms with E-state index in [-0.39, 0.29) is 50.5 Å². The van der Waals surface area contributed by atoms with Crippen LogP contribution in [-0.2, 0) is 44.8 Å². The van der Waals surface area contributed by atoms with E-state index in [4.69, 9.17) is 17.2 Å². The number of hydrogen-bond donors (Lipinski definition) is 11. The first-order chi connectivity index (χ1) is 25.3. The molecule has 6 amide bonds. The van der Waals surface area contributed by atoms with Gasteiger partial charge in [0.15, 0.2) is 5.96 Å². The number of benzene rings is 1. The van der Waals surface area contributed by atoms with Crippen molar-refractivity contribution in [3.63, 3.8) is 0 Å². The molecule has 0 unspecified atom stereocenters. The highest BCUT2D eigenvalue weighted by Crippen LogP contribution is 2.09. The SMILES string of the molecule is CC(C)C[C@H](NC(=O)CNC(=O)[C@H](CCCN=C(N)N)NC(=O)[C@H](CCC(=O)O)NC(=O)[C@H](C)NC(=O)[C@H](C)N)C(=O)N[C@@H](Cc1ccccc1)C(=O)O. The molecule has 54 heavy (non-hydrogen) atoms. The molecule has 6 atom stereocenters.